The van der Waals surface area contributed by atoms with E-state index >= 15 is 0 Å². The van der Waals surface area contributed by atoms with E-state index in [4.69, 9.17) is 0 Å². The third kappa shape index (κ3) is 2.84. The Morgan fingerprint density at radius 2 is 2.28 bits per heavy atom. The molecule has 96 valence electrons. The van der Waals surface area contributed by atoms with Crippen LogP contribution >= 0.6 is 43.2 Å². The highest BCUT2D eigenvalue weighted by Gasteiger charge is 2.12. The zero-order chi connectivity index (χ0) is 13.3. The molecule has 2 heterocycles. The number of hydrogen-bond donors (Lipinski definition) is 1. The average molecular weight is 393 g/mol. The summed E-state index contributed by atoms with van der Waals surface area (Å²) >= 11 is 8.14. The minimum atomic E-state index is -0.0744. The van der Waals surface area contributed by atoms with Gasteiger partial charge in [0.15, 0.2) is 0 Å². The van der Waals surface area contributed by atoms with Gasteiger partial charge in [-0.1, -0.05) is 0 Å². The van der Waals surface area contributed by atoms with Crippen molar-refractivity contribution < 1.29 is 4.79 Å². The van der Waals surface area contributed by atoms with Crippen LogP contribution in [0.1, 0.15) is 20.9 Å². The summed E-state index contributed by atoms with van der Waals surface area (Å²) in [6.45, 7) is 2.47. The van der Waals surface area contributed by atoms with E-state index in [0.29, 0.717) is 11.4 Å². The van der Waals surface area contributed by atoms with Crippen LogP contribution in [0, 0.1) is 6.92 Å². The van der Waals surface area contributed by atoms with Gasteiger partial charge in [0.25, 0.3) is 5.91 Å². The molecule has 0 spiro atoms. The molecule has 2 aromatic heterocycles. The second kappa shape index (κ2) is 5.54. The number of thiophene rings is 1. The zero-order valence-corrected chi connectivity index (χ0v) is 13.8. The maximum absolute atomic E-state index is 11.9. The molecular weight excluding hydrogens is 382 g/mol. The summed E-state index contributed by atoms with van der Waals surface area (Å²) in [4.78, 5) is 12.6. The first-order valence-corrected chi connectivity index (χ1v) is 7.59. The van der Waals surface area contributed by atoms with Crippen LogP contribution in [0.15, 0.2) is 20.5 Å². The van der Waals surface area contributed by atoms with Crippen LogP contribution in [0.4, 0.5) is 0 Å². The zero-order valence-electron chi connectivity index (χ0n) is 9.83. The molecule has 0 fully saturated rings. The standard InChI is InChI=1S/C11H11Br2N3OS/c1-6-7(5-15-16(6)2)4-14-11(17)9-3-8(12)10(13)18-9/h3,5H,4H2,1-2H3,(H,14,17). The minimum Gasteiger partial charge on any atom is -0.347 e. The second-order valence-electron chi connectivity index (χ2n) is 3.79. The summed E-state index contributed by atoms with van der Waals surface area (Å²) in [5.74, 6) is -0.0744. The highest BCUT2D eigenvalue weighted by Crippen LogP contribution is 2.32. The summed E-state index contributed by atoms with van der Waals surface area (Å²) < 4.78 is 3.61. The van der Waals surface area contributed by atoms with Gasteiger partial charge in [-0.2, -0.15) is 5.10 Å². The largest absolute Gasteiger partial charge is 0.347 e. The number of aryl methyl sites for hydroxylation is 1. The van der Waals surface area contributed by atoms with Crippen molar-refractivity contribution in [2.24, 2.45) is 7.05 Å². The summed E-state index contributed by atoms with van der Waals surface area (Å²) in [5.41, 5.74) is 2.09. The van der Waals surface area contributed by atoms with Crippen LogP contribution in [0.2, 0.25) is 0 Å². The molecule has 1 N–H and O–H groups in total. The topological polar surface area (TPSA) is 46.9 Å². The number of carbonyl (C=O) groups is 1. The maximum atomic E-state index is 11.9. The van der Waals surface area contributed by atoms with E-state index in [-0.39, 0.29) is 5.91 Å². The summed E-state index contributed by atoms with van der Waals surface area (Å²) in [6.07, 6.45) is 1.77. The molecule has 0 aliphatic heterocycles. The van der Waals surface area contributed by atoms with Crippen molar-refractivity contribution in [3.05, 3.63) is 36.7 Å². The van der Waals surface area contributed by atoms with Gasteiger partial charge in [0.2, 0.25) is 0 Å². The number of nitrogens with one attached hydrogen (secondary N) is 1. The molecule has 0 bridgehead atoms. The molecule has 2 rings (SSSR count). The maximum Gasteiger partial charge on any atom is 0.261 e. The normalized spacial score (nSPS) is 10.7. The Kier molecular flexibility index (Phi) is 4.24. The van der Waals surface area contributed by atoms with Crippen LogP contribution in [-0.4, -0.2) is 15.7 Å². The fourth-order valence-corrected chi connectivity index (χ4v) is 3.39. The van der Waals surface area contributed by atoms with E-state index in [1.165, 1.54) is 11.3 Å². The molecule has 2 aromatic rings. The minimum absolute atomic E-state index is 0.0744. The van der Waals surface area contributed by atoms with Crippen LogP contribution in [-0.2, 0) is 13.6 Å². The fourth-order valence-electron chi connectivity index (χ4n) is 1.44. The SMILES string of the molecule is Cc1c(CNC(=O)c2cc(Br)c(Br)s2)cnn1C. The van der Waals surface area contributed by atoms with Crippen molar-refractivity contribution in [1.29, 1.82) is 0 Å². The predicted octanol–water partition coefficient (Wildman–Crippen LogP) is 3.25. The Morgan fingerprint density at radius 1 is 1.56 bits per heavy atom. The number of amides is 1. The Morgan fingerprint density at radius 3 is 2.78 bits per heavy atom. The lowest BCUT2D eigenvalue weighted by atomic mass is 10.2. The Hall–Kier alpha value is -0.660. The van der Waals surface area contributed by atoms with Crippen LogP contribution in [0.25, 0.3) is 0 Å². The van der Waals surface area contributed by atoms with Gasteiger partial charge >= 0.3 is 0 Å². The third-order valence-corrected chi connectivity index (χ3v) is 5.90. The number of carbonyl (C=O) groups excluding carboxylic acids is 1. The Labute approximate surface area is 126 Å². The first-order chi connectivity index (χ1) is 8.49. The quantitative estimate of drug-likeness (QED) is 0.871. The van der Waals surface area contributed by atoms with Gasteiger partial charge in [-0.3, -0.25) is 9.48 Å². The number of aromatic nitrogens is 2. The van der Waals surface area contributed by atoms with Crippen LogP contribution < -0.4 is 5.32 Å². The number of hydrogen-bond acceptors (Lipinski definition) is 3. The van der Waals surface area contributed by atoms with Crippen molar-refractivity contribution in [2.45, 2.75) is 13.5 Å². The van der Waals surface area contributed by atoms with Crippen molar-refractivity contribution in [2.75, 3.05) is 0 Å². The predicted molar refractivity (Wildman–Crippen MR) is 78.8 cm³/mol. The molecule has 1 amide bonds. The van der Waals surface area contributed by atoms with E-state index in [1.54, 1.807) is 16.9 Å². The first kappa shape index (κ1) is 13.8. The van der Waals surface area contributed by atoms with Crippen molar-refractivity contribution in [1.82, 2.24) is 15.1 Å². The van der Waals surface area contributed by atoms with E-state index in [1.807, 2.05) is 14.0 Å². The molecular formula is C11H11Br2N3OS. The Balaban J connectivity index is 2.02. The lowest BCUT2D eigenvalue weighted by Crippen LogP contribution is -2.22. The van der Waals surface area contributed by atoms with E-state index in [9.17, 15) is 4.79 Å². The molecule has 0 aliphatic rings. The van der Waals surface area contributed by atoms with Gasteiger partial charge < -0.3 is 5.32 Å². The molecule has 0 saturated heterocycles. The van der Waals surface area contributed by atoms with Gasteiger partial charge in [-0.15, -0.1) is 11.3 Å². The summed E-state index contributed by atoms with van der Waals surface area (Å²) in [7, 11) is 1.88. The monoisotopic (exact) mass is 391 g/mol. The van der Waals surface area contributed by atoms with E-state index in [0.717, 1.165) is 19.5 Å². The van der Waals surface area contributed by atoms with Crippen LogP contribution in [0.3, 0.4) is 0 Å². The molecule has 0 radical (unpaired) electrons. The second-order valence-corrected chi connectivity index (χ2v) is 7.02. The highest BCUT2D eigenvalue weighted by molar-refractivity contribution is 9.13. The molecule has 0 aromatic carbocycles. The molecule has 0 saturated carbocycles. The van der Waals surface area contributed by atoms with Crippen molar-refractivity contribution in [3.8, 4) is 0 Å². The van der Waals surface area contributed by atoms with Crippen molar-refractivity contribution in [3.63, 3.8) is 0 Å². The number of nitrogens with zero attached hydrogens (tertiary/aromatic N) is 2. The lowest BCUT2D eigenvalue weighted by Gasteiger charge is -2.03. The number of halogens is 2. The van der Waals surface area contributed by atoms with Crippen LogP contribution in [0.5, 0.6) is 0 Å². The Bertz CT molecular complexity index is 572. The molecule has 7 heteroatoms. The number of rotatable bonds is 3. The summed E-state index contributed by atoms with van der Waals surface area (Å²) in [6, 6.07) is 1.81. The average Bonchev–Trinajstić information content (AvgIpc) is 2.83. The van der Waals surface area contributed by atoms with E-state index in [2.05, 4.69) is 42.3 Å². The van der Waals surface area contributed by atoms with Gasteiger partial charge in [0, 0.05) is 29.3 Å². The van der Waals surface area contributed by atoms with Gasteiger partial charge in [-0.25, -0.2) is 0 Å². The first-order valence-electron chi connectivity index (χ1n) is 5.19. The van der Waals surface area contributed by atoms with Gasteiger partial charge in [0.05, 0.1) is 14.9 Å². The molecule has 0 unspecified atom stereocenters. The van der Waals surface area contributed by atoms with Crippen molar-refractivity contribution >= 4 is 49.1 Å². The molecule has 0 aliphatic carbocycles. The molecule has 18 heavy (non-hydrogen) atoms. The highest BCUT2D eigenvalue weighted by atomic mass is 79.9. The van der Waals surface area contributed by atoms with Gasteiger partial charge in [0.1, 0.15) is 0 Å². The smallest absolute Gasteiger partial charge is 0.261 e. The fraction of sp³-hybridized carbons (Fsp3) is 0.273. The third-order valence-electron chi connectivity index (χ3n) is 2.65. The van der Waals surface area contributed by atoms with E-state index < -0.39 is 0 Å². The summed E-state index contributed by atoms with van der Waals surface area (Å²) in [5, 5.41) is 7.02. The van der Waals surface area contributed by atoms with Gasteiger partial charge in [-0.05, 0) is 44.8 Å². The lowest BCUT2D eigenvalue weighted by molar-refractivity contribution is 0.0955. The molecule has 0 atom stereocenters. The molecule has 4 nitrogen and oxygen atoms in total.